The van der Waals surface area contributed by atoms with Crippen molar-refractivity contribution in [3.63, 3.8) is 0 Å². The molecule has 2 heterocycles. The molecule has 0 atom stereocenters. The standard InChI is InChI=1S/C16H12F2N4O2/c17-11-2-1-3-12(18)15(11)22-16(23)21-8-13-14(20-6-5-19-13)10-4-7-24-9-10/h1-7,9H,8H2,(H2,21,22,23). The molecule has 0 spiro atoms. The Morgan fingerprint density at radius 2 is 1.88 bits per heavy atom. The Labute approximate surface area is 135 Å². The second-order valence-electron chi connectivity index (χ2n) is 4.77. The van der Waals surface area contributed by atoms with Gasteiger partial charge in [0.05, 0.1) is 30.5 Å². The highest BCUT2D eigenvalue weighted by molar-refractivity contribution is 5.89. The second-order valence-corrected chi connectivity index (χ2v) is 4.77. The van der Waals surface area contributed by atoms with Gasteiger partial charge in [0.15, 0.2) is 0 Å². The lowest BCUT2D eigenvalue weighted by molar-refractivity contribution is 0.251. The average molecular weight is 330 g/mol. The number of hydrogen-bond donors (Lipinski definition) is 2. The first-order valence-corrected chi connectivity index (χ1v) is 6.96. The van der Waals surface area contributed by atoms with Crippen LogP contribution in [0.5, 0.6) is 0 Å². The van der Waals surface area contributed by atoms with E-state index in [1.54, 1.807) is 6.07 Å². The molecule has 6 nitrogen and oxygen atoms in total. The minimum Gasteiger partial charge on any atom is -0.472 e. The van der Waals surface area contributed by atoms with Crippen LogP contribution in [0.25, 0.3) is 11.3 Å². The van der Waals surface area contributed by atoms with Gasteiger partial charge >= 0.3 is 6.03 Å². The SMILES string of the molecule is O=C(NCc1nccnc1-c1ccoc1)Nc1c(F)cccc1F. The summed E-state index contributed by atoms with van der Waals surface area (Å²) in [5.41, 5.74) is 1.23. The molecule has 0 aliphatic heterocycles. The van der Waals surface area contributed by atoms with E-state index in [0.717, 1.165) is 12.1 Å². The molecule has 0 saturated heterocycles. The van der Waals surface area contributed by atoms with E-state index in [1.807, 2.05) is 0 Å². The molecule has 24 heavy (non-hydrogen) atoms. The molecule has 0 aliphatic carbocycles. The fourth-order valence-electron chi connectivity index (χ4n) is 2.08. The maximum Gasteiger partial charge on any atom is 0.319 e. The van der Waals surface area contributed by atoms with Crippen molar-refractivity contribution in [3.05, 3.63) is 66.5 Å². The zero-order chi connectivity index (χ0) is 16.9. The van der Waals surface area contributed by atoms with Crippen LogP contribution in [0.2, 0.25) is 0 Å². The summed E-state index contributed by atoms with van der Waals surface area (Å²) in [6.07, 6.45) is 5.99. The van der Waals surface area contributed by atoms with Crippen LogP contribution in [-0.2, 0) is 6.54 Å². The van der Waals surface area contributed by atoms with Crippen LogP contribution in [0.15, 0.2) is 53.6 Å². The number of halogens is 2. The van der Waals surface area contributed by atoms with E-state index in [0.29, 0.717) is 17.0 Å². The maximum atomic E-state index is 13.5. The molecule has 0 fully saturated rings. The first-order valence-electron chi connectivity index (χ1n) is 6.96. The molecular weight excluding hydrogens is 318 g/mol. The predicted molar refractivity (Wildman–Crippen MR) is 82.0 cm³/mol. The molecule has 122 valence electrons. The van der Waals surface area contributed by atoms with Gasteiger partial charge in [-0.2, -0.15) is 0 Å². The molecule has 1 aromatic carbocycles. The summed E-state index contributed by atoms with van der Waals surface area (Å²) in [6, 6.07) is 4.27. The number of furan rings is 1. The third-order valence-corrected chi connectivity index (χ3v) is 3.19. The fraction of sp³-hybridized carbons (Fsp3) is 0.0625. The maximum absolute atomic E-state index is 13.5. The molecule has 2 aromatic heterocycles. The molecule has 3 aromatic rings. The quantitative estimate of drug-likeness (QED) is 0.769. The van der Waals surface area contributed by atoms with Gasteiger partial charge < -0.3 is 15.1 Å². The molecule has 2 amide bonds. The molecule has 0 radical (unpaired) electrons. The molecule has 8 heteroatoms. The van der Waals surface area contributed by atoms with Crippen LogP contribution in [0, 0.1) is 11.6 Å². The number of rotatable bonds is 4. The smallest absolute Gasteiger partial charge is 0.319 e. The fourth-order valence-corrected chi connectivity index (χ4v) is 2.08. The van der Waals surface area contributed by atoms with Crippen molar-refractivity contribution >= 4 is 11.7 Å². The summed E-state index contributed by atoms with van der Waals surface area (Å²) in [4.78, 5) is 20.2. The highest BCUT2D eigenvalue weighted by atomic mass is 19.1. The van der Waals surface area contributed by atoms with Crippen LogP contribution in [0.3, 0.4) is 0 Å². The lowest BCUT2D eigenvalue weighted by atomic mass is 10.2. The third-order valence-electron chi connectivity index (χ3n) is 3.19. The van der Waals surface area contributed by atoms with E-state index < -0.39 is 23.4 Å². The first kappa shape index (κ1) is 15.6. The highest BCUT2D eigenvalue weighted by Gasteiger charge is 2.13. The van der Waals surface area contributed by atoms with Gasteiger partial charge in [0.25, 0.3) is 0 Å². The average Bonchev–Trinajstić information content (AvgIpc) is 3.11. The van der Waals surface area contributed by atoms with Crippen molar-refractivity contribution in [1.82, 2.24) is 15.3 Å². The van der Waals surface area contributed by atoms with Gasteiger partial charge in [-0.3, -0.25) is 9.97 Å². The summed E-state index contributed by atoms with van der Waals surface area (Å²) in [5.74, 6) is -1.72. The Balaban J connectivity index is 1.69. The lowest BCUT2D eigenvalue weighted by Crippen LogP contribution is -2.29. The van der Waals surface area contributed by atoms with Crippen LogP contribution in [0.1, 0.15) is 5.69 Å². The number of benzene rings is 1. The van der Waals surface area contributed by atoms with Crippen LogP contribution >= 0.6 is 0 Å². The summed E-state index contributed by atoms with van der Waals surface area (Å²) >= 11 is 0. The van der Waals surface area contributed by atoms with Crippen LogP contribution in [-0.4, -0.2) is 16.0 Å². The number of anilines is 1. The van der Waals surface area contributed by atoms with Gasteiger partial charge in [0.1, 0.15) is 17.3 Å². The monoisotopic (exact) mass is 330 g/mol. The zero-order valence-electron chi connectivity index (χ0n) is 12.3. The van der Waals surface area contributed by atoms with Crippen LogP contribution in [0.4, 0.5) is 19.3 Å². The van der Waals surface area contributed by atoms with E-state index in [4.69, 9.17) is 4.42 Å². The number of hydrogen-bond acceptors (Lipinski definition) is 4. The highest BCUT2D eigenvalue weighted by Crippen LogP contribution is 2.20. The minimum absolute atomic E-state index is 0.0241. The molecule has 0 unspecified atom stereocenters. The minimum atomic E-state index is -0.858. The molecular formula is C16H12F2N4O2. The van der Waals surface area contributed by atoms with Gasteiger partial charge in [0.2, 0.25) is 0 Å². The molecule has 3 rings (SSSR count). The van der Waals surface area contributed by atoms with Crippen molar-refractivity contribution < 1.29 is 18.0 Å². The van der Waals surface area contributed by atoms with E-state index >= 15 is 0 Å². The van der Waals surface area contributed by atoms with Gasteiger partial charge in [0, 0.05) is 18.0 Å². The summed E-state index contributed by atoms with van der Waals surface area (Å²) in [5, 5.41) is 4.62. The number of aromatic nitrogens is 2. The summed E-state index contributed by atoms with van der Waals surface area (Å²) < 4.78 is 32.0. The van der Waals surface area contributed by atoms with Crippen molar-refractivity contribution in [2.24, 2.45) is 0 Å². The zero-order valence-corrected chi connectivity index (χ0v) is 12.3. The van der Waals surface area contributed by atoms with Crippen molar-refractivity contribution in [1.29, 1.82) is 0 Å². The largest absolute Gasteiger partial charge is 0.472 e. The Kier molecular flexibility index (Phi) is 4.46. The molecule has 2 N–H and O–H groups in total. The Morgan fingerprint density at radius 3 is 2.58 bits per heavy atom. The number of urea groups is 1. The summed E-state index contributed by atoms with van der Waals surface area (Å²) in [6.45, 7) is 0.0241. The van der Waals surface area contributed by atoms with E-state index in [2.05, 4.69) is 20.6 Å². The topological polar surface area (TPSA) is 80.1 Å². The van der Waals surface area contributed by atoms with Crippen molar-refractivity contribution in [2.75, 3.05) is 5.32 Å². The van der Waals surface area contributed by atoms with E-state index in [1.165, 1.54) is 31.0 Å². The van der Waals surface area contributed by atoms with Gasteiger partial charge in [-0.05, 0) is 18.2 Å². The number of amides is 2. The third kappa shape index (κ3) is 3.37. The predicted octanol–water partition coefficient (Wildman–Crippen LogP) is 3.34. The summed E-state index contributed by atoms with van der Waals surface area (Å²) in [7, 11) is 0. The number of carbonyl (C=O) groups excluding carboxylic acids is 1. The molecule has 0 bridgehead atoms. The number of nitrogens with zero attached hydrogens (tertiary/aromatic N) is 2. The number of carbonyl (C=O) groups is 1. The Morgan fingerprint density at radius 1 is 1.12 bits per heavy atom. The number of para-hydroxylation sites is 1. The number of nitrogens with one attached hydrogen (secondary N) is 2. The lowest BCUT2D eigenvalue weighted by Gasteiger charge is -2.10. The van der Waals surface area contributed by atoms with E-state index in [9.17, 15) is 13.6 Å². The molecule has 0 saturated carbocycles. The normalized spacial score (nSPS) is 10.4. The van der Waals surface area contributed by atoms with Gasteiger partial charge in [-0.15, -0.1) is 0 Å². The second kappa shape index (κ2) is 6.86. The first-order chi connectivity index (χ1) is 11.6. The van der Waals surface area contributed by atoms with Crippen molar-refractivity contribution in [3.8, 4) is 11.3 Å². The Hall–Kier alpha value is -3.29. The van der Waals surface area contributed by atoms with E-state index in [-0.39, 0.29) is 6.54 Å². The van der Waals surface area contributed by atoms with Gasteiger partial charge in [-0.25, -0.2) is 13.6 Å². The van der Waals surface area contributed by atoms with Crippen LogP contribution < -0.4 is 10.6 Å². The molecule has 0 aliphatic rings. The van der Waals surface area contributed by atoms with Gasteiger partial charge in [-0.1, -0.05) is 6.07 Å². The Bertz CT molecular complexity index is 833. The van der Waals surface area contributed by atoms with Crippen molar-refractivity contribution in [2.45, 2.75) is 6.54 Å².